The van der Waals surface area contributed by atoms with Crippen molar-refractivity contribution in [2.45, 2.75) is 32.6 Å². The van der Waals surface area contributed by atoms with Gasteiger partial charge in [-0.3, -0.25) is 5.10 Å². The van der Waals surface area contributed by atoms with Crippen molar-refractivity contribution in [2.24, 2.45) is 0 Å². The molecule has 0 aromatic carbocycles. The van der Waals surface area contributed by atoms with Crippen LogP contribution in [0.3, 0.4) is 0 Å². The lowest BCUT2D eigenvalue weighted by molar-refractivity contribution is 0.491. The first-order valence-electron chi connectivity index (χ1n) is 6.78. The smallest absolute Gasteiger partial charge is 0.132 e. The van der Waals surface area contributed by atoms with Crippen LogP contribution in [0.4, 0.5) is 5.82 Å². The highest BCUT2D eigenvalue weighted by Crippen LogP contribution is 2.30. The van der Waals surface area contributed by atoms with Crippen LogP contribution in [0.1, 0.15) is 35.8 Å². The summed E-state index contributed by atoms with van der Waals surface area (Å²) in [5.41, 5.74) is 2.58. The minimum atomic E-state index is 0.599. The maximum Gasteiger partial charge on any atom is 0.132 e. The van der Waals surface area contributed by atoms with Gasteiger partial charge in [0.1, 0.15) is 11.6 Å². The third kappa shape index (κ3) is 2.45. The summed E-state index contributed by atoms with van der Waals surface area (Å²) in [7, 11) is 0. The van der Waals surface area contributed by atoms with Crippen molar-refractivity contribution in [3.05, 3.63) is 35.5 Å². The number of rotatable bonds is 2. The van der Waals surface area contributed by atoms with Gasteiger partial charge in [-0.15, -0.1) is 0 Å². The third-order valence-corrected chi connectivity index (χ3v) is 3.86. The molecule has 5 nitrogen and oxygen atoms in total. The number of nitrogens with one attached hydrogen (secondary N) is 1. The molecule has 2 aromatic rings. The Labute approximate surface area is 113 Å². The fraction of sp³-hybridized carbons (Fsp3) is 0.500. The first-order valence-corrected chi connectivity index (χ1v) is 6.78. The largest absolute Gasteiger partial charge is 0.356 e. The first-order chi connectivity index (χ1) is 9.24. The molecule has 0 saturated carbocycles. The maximum absolute atomic E-state index is 4.50. The first kappa shape index (κ1) is 12.1. The number of H-pyrrole nitrogens is 1. The number of aromatic amines is 1. The summed E-state index contributed by atoms with van der Waals surface area (Å²) in [5.74, 6) is 2.48. The van der Waals surface area contributed by atoms with Crippen molar-refractivity contribution < 1.29 is 0 Å². The van der Waals surface area contributed by atoms with E-state index in [2.05, 4.69) is 32.0 Å². The zero-order chi connectivity index (χ0) is 13.2. The van der Waals surface area contributed by atoms with Gasteiger partial charge in [-0.1, -0.05) is 0 Å². The molecule has 100 valence electrons. The Morgan fingerprint density at radius 1 is 1.26 bits per heavy atom. The van der Waals surface area contributed by atoms with E-state index >= 15 is 0 Å². The fourth-order valence-corrected chi connectivity index (χ4v) is 2.79. The molecule has 3 rings (SSSR count). The number of aromatic nitrogens is 4. The number of hydrogen-bond acceptors (Lipinski definition) is 4. The van der Waals surface area contributed by atoms with Crippen LogP contribution >= 0.6 is 0 Å². The molecule has 0 unspecified atom stereocenters. The summed E-state index contributed by atoms with van der Waals surface area (Å²) < 4.78 is 0. The monoisotopic (exact) mass is 257 g/mol. The van der Waals surface area contributed by atoms with Crippen LogP contribution in [0.15, 0.2) is 18.5 Å². The number of aryl methyl sites for hydroxylation is 2. The molecular formula is C14H19N5. The Hall–Kier alpha value is -1.91. The summed E-state index contributed by atoms with van der Waals surface area (Å²) >= 11 is 0. The molecule has 19 heavy (non-hydrogen) atoms. The fourth-order valence-electron chi connectivity index (χ4n) is 2.79. The third-order valence-electron chi connectivity index (χ3n) is 3.86. The molecule has 0 radical (unpaired) electrons. The highest BCUT2D eigenvalue weighted by atomic mass is 15.2. The second kappa shape index (κ2) is 4.99. The highest BCUT2D eigenvalue weighted by Gasteiger charge is 2.23. The zero-order valence-electron chi connectivity index (χ0n) is 11.4. The predicted molar refractivity (Wildman–Crippen MR) is 74.3 cm³/mol. The van der Waals surface area contributed by atoms with Crippen molar-refractivity contribution in [2.75, 3.05) is 18.0 Å². The van der Waals surface area contributed by atoms with Gasteiger partial charge in [-0.25, -0.2) is 9.97 Å². The van der Waals surface area contributed by atoms with Gasteiger partial charge in [-0.05, 0) is 38.3 Å². The van der Waals surface area contributed by atoms with Crippen LogP contribution in [-0.2, 0) is 0 Å². The van der Waals surface area contributed by atoms with Crippen LogP contribution in [0.25, 0.3) is 0 Å². The number of piperidine rings is 1. The summed E-state index contributed by atoms with van der Waals surface area (Å²) in [4.78, 5) is 11.0. The van der Waals surface area contributed by atoms with Crippen molar-refractivity contribution in [3.63, 3.8) is 0 Å². The van der Waals surface area contributed by atoms with Crippen LogP contribution in [-0.4, -0.2) is 33.3 Å². The Bertz CT molecular complexity index is 554. The van der Waals surface area contributed by atoms with Crippen LogP contribution in [0, 0.1) is 13.8 Å². The van der Waals surface area contributed by atoms with Gasteiger partial charge >= 0.3 is 0 Å². The van der Waals surface area contributed by atoms with E-state index in [-0.39, 0.29) is 0 Å². The lowest BCUT2D eigenvalue weighted by Gasteiger charge is -2.32. The average Bonchev–Trinajstić information content (AvgIpc) is 2.85. The van der Waals surface area contributed by atoms with Crippen LogP contribution in [0.5, 0.6) is 0 Å². The molecule has 1 aliphatic heterocycles. The standard InChI is InChI=1S/C14H19N5/c1-10-9-16-18-14(10)12-4-7-19(8-5-12)13-3-6-15-11(2)17-13/h3,6,9,12H,4-5,7-8H2,1-2H3,(H,16,18). The van der Waals surface area contributed by atoms with E-state index < -0.39 is 0 Å². The van der Waals surface area contributed by atoms with Gasteiger partial charge in [0.25, 0.3) is 0 Å². The quantitative estimate of drug-likeness (QED) is 0.896. The normalized spacial score (nSPS) is 16.8. The van der Waals surface area contributed by atoms with Crippen LogP contribution in [0.2, 0.25) is 0 Å². The average molecular weight is 257 g/mol. The summed E-state index contributed by atoms with van der Waals surface area (Å²) in [6.07, 6.45) is 6.04. The van der Waals surface area contributed by atoms with Crippen molar-refractivity contribution >= 4 is 5.82 Å². The number of nitrogens with zero attached hydrogens (tertiary/aromatic N) is 4. The minimum absolute atomic E-state index is 0.599. The van der Waals surface area contributed by atoms with E-state index in [1.165, 1.54) is 11.3 Å². The summed E-state index contributed by atoms with van der Waals surface area (Å²) in [5, 5.41) is 7.27. The predicted octanol–water partition coefficient (Wildman–Crippen LogP) is 2.20. The summed E-state index contributed by atoms with van der Waals surface area (Å²) in [6, 6.07) is 1.99. The molecule has 1 aliphatic rings. The molecule has 0 amide bonds. The molecule has 1 saturated heterocycles. The Morgan fingerprint density at radius 2 is 2.05 bits per heavy atom. The van der Waals surface area contributed by atoms with Crippen molar-refractivity contribution in [1.29, 1.82) is 0 Å². The Balaban J connectivity index is 1.68. The van der Waals surface area contributed by atoms with Crippen molar-refractivity contribution in [3.8, 4) is 0 Å². The van der Waals surface area contributed by atoms with E-state index in [4.69, 9.17) is 0 Å². The number of hydrogen-bond donors (Lipinski definition) is 1. The zero-order valence-corrected chi connectivity index (χ0v) is 11.4. The Kier molecular flexibility index (Phi) is 3.19. The van der Waals surface area contributed by atoms with Crippen molar-refractivity contribution in [1.82, 2.24) is 20.2 Å². The lowest BCUT2D eigenvalue weighted by Crippen LogP contribution is -2.33. The van der Waals surface area contributed by atoms with Gasteiger partial charge < -0.3 is 4.90 Å². The SMILES string of the molecule is Cc1nccc(N2CCC(c3[nH]ncc3C)CC2)n1. The van der Waals surface area contributed by atoms with E-state index in [0.29, 0.717) is 5.92 Å². The van der Waals surface area contributed by atoms with Gasteiger partial charge in [0.15, 0.2) is 0 Å². The van der Waals surface area contributed by atoms with Gasteiger partial charge in [0, 0.05) is 30.9 Å². The van der Waals surface area contributed by atoms with E-state index in [1.807, 2.05) is 25.4 Å². The van der Waals surface area contributed by atoms with Gasteiger partial charge in [0.05, 0.1) is 6.20 Å². The van der Waals surface area contributed by atoms with Gasteiger partial charge in [0.2, 0.25) is 0 Å². The molecule has 0 atom stereocenters. The van der Waals surface area contributed by atoms with Crippen LogP contribution < -0.4 is 4.90 Å². The number of anilines is 1. The molecule has 3 heterocycles. The maximum atomic E-state index is 4.50. The second-order valence-corrected chi connectivity index (χ2v) is 5.19. The molecule has 0 aliphatic carbocycles. The molecular weight excluding hydrogens is 238 g/mol. The highest BCUT2D eigenvalue weighted by molar-refractivity contribution is 5.38. The molecule has 0 bridgehead atoms. The molecule has 1 N–H and O–H groups in total. The van der Waals surface area contributed by atoms with Gasteiger partial charge in [-0.2, -0.15) is 5.10 Å². The van der Waals surface area contributed by atoms with E-state index in [9.17, 15) is 0 Å². The topological polar surface area (TPSA) is 57.7 Å². The molecule has 0 spiro atoms. The molecule has 2 aromatic heterocycles. The second-order valence-electron chi connectivity index (χ2n) is 5.19. The minimum Gasteiger partial charge on any atom is -0.356 e. The molecule has 5 heteroatoms. The summed E-state index contributed by atoms with van der Waals surface area (Å²) in [6.45, 7) is 6.14. The van der Waals surface area contributed by atoms with E-state index in [0.717, 1.165) is 37.6 Å². The van der Waals surface area contributed by atoms with E-state index in [1.54, 1.807) is 0 Å². The Morgan fingerprint density at radius 3 is 2.68 bits per heavy atom. The molecule has 1 fully saturated rings. The lowest BCUT2D eigenvalue weighted by atomic mass is 9.92.